The van der Waals surface area contributed by atoms with Crippen LogP contribution < -0.4 is 0 Å². The Hall–Kier alpha value is -2.48. The number of benzene rings is 2. The minimum atomic E-state index is 0.117. The first-order valence-corrected chi connectivity index (χ1v) is 9.51. The van der Waals surface area contributed by atoms with Crippen LogP contribution in [0.15, 0.2) is 84.0 Å². The lowest BCUT2D eigenvalue weighted by atomic mass is 9.79. The van der Waals surface area contributed by atoms with Crippen molar-refractivity contribution >= 4 is 0 Å². The fourth-order valence-electron chi connectivity index (χ4n) is 3.63. The molecule has 2 nitrogen and oxygen atoms in total. The molecule has 2 heteroatoms. The van der Waals surface area contributed by atoms with Crippen LogP contribution in [0.5, 0.6) is 0 Å². The molecule has 0 spiro atoms. The molecule has 1 unspecified atom stereocenters. The van der Waals surface area contributed by atoms with Gasteiger partial charge in [0.05, 0.1) is 7.11 Å². The van der Waals surface area contributed by atoms with Crippen molar-refractivity contribution < 1.29 is 9.47 Å². The van der Waals surface area contributed by atoms with Crippen molar-refractivity contribution in [2.45, 2.75) is 39.0 Å². The van der Waals surface area contributed by atoms with Gasteiger partial charge in [-0.05, 0) is 23.6 Å². The summed E-state index contributed by atoms with van der Waals surface area (Å²) in [5.41, 5.74) is 3.69. The van der Waals surface area contributed by atoms with Gasteiger partial charge in [0.25, 0.3) is 5.95 Å². The van der Waals surface area contributed by atoms with E-state index in [0.717, 1.165) is 25.0 Å². The Bertz CT molecular complexity index is 720. The normalized spacial score (nSPS) is 17.1. The van der Waals surface area contributed by atoms with Gasteiger partial charge in [-0.15, -0.1) is 0 Å². The van der Waals surface area contributed by atoms with Gasteiger partial charge < -0.3 is 9.47 Å². The zero-order valence-electron chi connectivity index (χ0n) is 15.9. The molecule has 1 heterocycles. The molecule has 26 heavy (non-hydrogen) atoms. The molecule has 0 aromatic heterocycles. The van der Waals surface area contributed by atoms with Crippen LogP contribution in [-0.4, -0.2) is 7.11 Å². The molecule has 3 rings (SSSR count). The molecule has 0 fully saturated rings. The van der Waals surface area contributed by atoms with Gasteiger partial charge in [-0.2, -0.15) is 0 Å². The summed E-state index contributed by atoms with van der Waals surface area (Å²) in [6.45, 7) is 4.44. The average molecular weight is 348 g/mol. The highest BCUT2D eigenvalue weighted by Gasteiger charge is 2.31. The van der Waals surface area contributed by atoms with Gasteiger partial charge in [0.15, 0.2) is 0 Å². The molecule has 136 valence electrons. The van der Waals surface area contributed by atoms with Crippen molar-refractivity contribution in [3.8, 4) is 0 Å². The second-order valence-corrected chi connectivity index (χ2v) is 6.83. The van der Waals surface area contributed by atoms with Crippen molar-refractivity contribution in [1.82, 2.24) is 0 Å². The lowest BCUT2D eigenvalue weighted by molar-refractivity contribution is 0.0834. The Morgan fingerprint density at radius 1 is 0.962 bits per heavy atom. The van der Waals surface area contributed by atoms with Crippen molar-refractivity contribution in [3.63, 3.8) is 0 Å². The Kier molecular flexibility index (Phi) is 6.17. The minimum absolute atomic E-state index is 0.117. The topological polar surface area (TPSA) is 18.5 Å². The van der Waals surface area contributed by atoms with Crippen LogP contribution in [0.1, 0.15) is 50.2 Å². The van der Waals surface area contributed by atoms with Gasteiger partial charge in [0.1, 0.15) is 5.76 Å². The van der Waals surface area contributed by atoms with Crippen molar-refractivity contribution in [2.75, 3.05) is 7.11 Å². The summed E-state index contributed by atoms with van der Waals surface area (Å²) in [5.74, 6) is 2.06. The molecule has 0 aliphatic carbocycles. The largest absolute Gasteiger partial charge is 0.468 e. The first-order chi connectivity index (χ1) is 12.7. The Balaban J connectivity index is 2.04. The van der Waals surface area contributed by atoms with E-state index in [4.69, 9.17) is 9.47 Å². The predicted octanol–water partition coefficient (Wildman–Crippen LogP) is 6.42. The molecular weight excluding hydrogens is 320 g/mol. The van der Waals surface area contributed by atoms with E-state index in [-0.39, 0.29) is 11.8 Å². The number of unbranched alkanes of at least 4 members (excludes halogenated alkanes) is 1. The van der Waals surface area contributed by atoms with Crippen LogP contribution in [0.3, 0.4) is 0 Å². The third-order valence-corrected chi connectivity index (χ3v) is 4.92. The van der Waals surface area contributed by atoms with E-state index in [1.165, 1.54) is 16.7 Å². The van der Waals surface area contributed by atoms with Crippen molar-refractivity contribution in [1.29, 1.82) is 0 Å². The van der Waals surface area contributed by atoms with Crippen LogP contribution in [0.4, 0.5) is 0 Å². The number of rotatable bonds is 7. The van der Waals surface area contributed by atoms with Gasteiger partial charge in [0.2, 0.25) is 0 Å². The van der Waals surface area contributed by atoms with E-state index in [2.05, 4.69) is 80.6 Å². The van der Waals surface area contributed by atoms with Crippen LogP contribution in [0.25, 0.3) is 0 Å². The molecule has 0 saturated carbocycles. The summed E-state index contributed by atoms with van der Waals surface area (Å²) < 4.78 is 11.9. The van der Waals surface area contributed by atoms with E-state index in [0.29, 0.717) is 5.95 Å². The monoisotopic (exact) mass is 348 g/mol. The van der Waals surface area contributed by atoms with E-state index in [1.54, 1.807) is 7.11 Å². The Morgan fingerprint density at radius 3 is 2.04 bits per heavy atom. The SMILES string of the molecule is CCCCC1=CC(C)C(C(c2ccccc2)c2ccccc2)=C(OC)O1. The summed E-state index contributed by atoms with van der Waals surface area (Å²) in [5, 5.41) is 0. The first-order valence-electron chi connectivity index (χ1n) is 9.51. The lowest BCUT2D eigenvalue weighted by Gasteiger charge is -2.30. The third-order valence-electron chi connectivity index (χ3n) is 4.92. The second-order valence-electron chi connectivity index (χ2n) is 6.83. The van der Waals surface area contributed by atoms with Crippen LogP contribution >= 0.6 is 0 Å². The van der Waals surface area contributed by atoms with E-state index in [1.807, 2.05) is 0 Å². The molecule has 0 saturated heterocycles. The smallest absolute Gasteiger partial charge is 0.284 e. The standard InChI is InChI=1S/C24H28O2/c1-4-5-16-21-17-18(2)22(24(25-3)26-21)23(19-12-8-6-9-13-19)20-14-10-7-11-15-20/h6-15,17-18,23H,4-5,16H2,1-3H3. The number of hydrogen-bond acceptors (Lipinski definition) is 2. The fraction of sp³-hybridized carbons (Fsp3) is 0.333. The second kappa shape index (κ2) is 8.75. The van der Waals surface area contributed by atoms with Crippen molar-refractivity contribution in [2.24, 2.45) is 5.92 Å². The predicted molar refractivity (Wildman–Crippen MR) is 107 cm³/mol. The molecule has 1 atom stereocenters. The van der Waals surface area contributed by atoms with Gasteiger partial charge in [-0.3, -0.25) is 0 Å². The Morgan fingerprint density at radius 2 is 1.54 bits per heavy atom. The van der Waals surface area contributed by atoms with E-state index < -0.39 is 0 Å². The average Bonchev–Trinajstić information content (AvgIpc) is 2.69. The molecule has 1 aliphatic heterocycles. The highest BCUT2D eigenvalue weighted by molar-refractivity contribution is 5.44. The van der Waals surface area contributed by atoms with Gasteiger partial charge in [-0.25, -0.2) is 0 Å². The lowest BCUT2D eigenvalue weighted by Crippen LogP contribution is -2.19. The summed E-state index contributed by atoms with van der Waals surface area (Å²) in [6.07, 6.45) is 5.50. The summed E-state index contributed by atoms with van der Waals surface area (Å²) >= 11 is 0. The van der Waals surface area contributed by atoms with Crippen LogP contribution in [-0.2, 0) is 9.47 Å². The highest BCUT2D eigenvalue weighted by atomic mass is 16.7. The maximum absolute atomic E-state index is 6.16. The highest BCUT2D eigenvalue weighted by Crippen LogP contribution is 2.42. The van der Waals surface area contributed by atoms with Crippen LogP contribution in [0.2, 0.25) is 0 Å². The molecule has 0 radical (unpaired) electrons. The number of ether oxygens (including phenoxy) is 2. The molecule has 0 bridgehead atoms. The molecule has 0 amide bonds. The Labute approximate surface area is 157 Å². The van der Waals surface area contributed by atoms with Crippen LogP contribution in [0, 0.1) is 5.92 Å². The van der Waals surface area contributed by atoms with E-state index in [9.17, 15) is 0 Å². The summed E-state index contributed by atoms with van der Waals surface area (Å²) in [4.78, 5) is 0. The third kappa shape index (κ3) is 4.01. The fourth-order valence-corrected chi connectivity index (χ4v) is 3.63. The zero-order valence-corrected chi connectivity index (χ0v) is 15.9. The summed E-state index contributed by atoms with van der Waals surface area (Å²) in [7, 11) is 1.71. The van der Waals surface area contributed by atoms with Crippen molar-refractivity contribution in [3.05, 3.63) is 95.1 Å². The maximum Gasteiger partial charge on any atom is 0.284 e. The van der Waals surface area contributed by atoms with Gasteiger partial charge in [-0.1, -0.05) is 80.9 Å². The molecule has 0 N–H and O–H groups in total. The van der Waals surface area contributed by atoms with E-state index >= 15 is 0 Å². The molecular formula is C24H28O2. The minimum Gasteiger partial charge on any atom is -0.468 e. The quantitative estimate of drug-likeness (QED) is 0.575. The number of allylic oxidation sites excluding steroid dienone is 3. The maximum atomic E-state index is 6.16. The summed E-state index contributed by atoms with van der Waals surface area (Å²) in [6, 6.07) is 21.2. The number of methoxy groups -OCH3 is 1. The molecule has 2 aromatic carbocycles. The molecule has 1 aliphatic rings. The first kappa shape index (κ1) is 18.3. The van der Waals surface area contributed by atoms with Gasteiger partial charge in [0, 0.05) is 23.8 Å². The van der Waals surface area contributed by atoms with Gasteiger partial charge >= 0.3 is 0 Å². The zero-order chi connectivity index (χ0) is 18.4. The number of hydrogen-bond donors (Lipinski definition) is 0. The molecule has 2 aromatic rings.